The molecule has 2 saturated heterocycles. The molecule has 5 heteroatoms. The number of guanidine groups is 1. The van der Waals surface area contributed by atoms with E-state index in [-0.39, 0.29) is 6.04 Å². The molecule has 1 aromatic rings. The Morgan fingerprint density at radius 2 is 2.05 bits per heavy atom. The van der Waals surface area contributed by atoms with E-state index in [1.807, 2.05) is 6.07 Å². The van der Waals surface area contributed by atoms with Gasteiger partial charge in [-0.3, -0.25) is 9.89 Å². The molecule has 122 valence electrons. The minimum Gasteiger partial charge on any atom is -0.468 e. The third-order valence-electron chi connectivity index (χ3n) is 4.99. The maximum Gasteiger partial charge on any atom is 0.191 e. The number of nitrogens with zero attached hydrogens (tertiary/aromatic N) is 3. The lowest BCUT2D eigenvalue weighted by atomic mass is 10.00. The van der Waals surface area contributed by atoms with Crippen molar-refractivity contribution in [3.63, 3.8) is 0 Å². The van der Waals surface area contributed by atoms with Crippen LogP contribution in [0.3, 0.4) is 0 Å². The number of likely N-dealkylation sites (tertiary alicyclic amines) is 2. The molecule has 0 aliphatic carbocycles. The summed E-state index contributed by atoms with van der Waals surface area (Å²) in [5.41, 5.74) is 6.22. The molecular formula is C17H28N4O. The summed E-state index contributed by atoms with van der Waals surface area (Å²) in [4.78, 5) is 9.38. The van der Waals surface area contributed by atoms with Crippen LogP contribution in [0, 0.1) is 5.92 Å². The number of piperidine rings is 1. The van der Waals surface area contributed by atoms with Crippen molar-refractivity contribution in [3.05, 3.63) is 24.2 Å². The Bertz CT molecular complexity index is 471. The molecule has 1 atom stereocenters. The van der Waals surface area contributed by atoms with E-state index in [2.05, 4.69) is 22.8 Å². The second kappa shape index (κ2) is 7.18. The van der Waals surface area contributed by atoms with Gasteiger partial charge >= 0.3 is 0 Å². The molecule has 0 aromatic carbocycles. The Kier molecular flexibility index (Phi) is 5.03. The number of hydrogen-bond donors (Lipinski definition) is 1. The van der Waals surface area contributed by atoms with Crippen LogP contribution in [0.4, 0.5) is 0 Å². The van der Waals surface area contributed by atoms with Crippen LogP contribution < -0.4 is 5.73 Å². The van der Waals surface area contributed by atoms with Crippen LogP contribution in [0.1, 0.15) is 44.4 Å². The molecule has 2 aliphatic rings. The van der Waals surface area contributed by atoms with Crippen LogP contribution in [0.2, 0.25) is 0 Å². The van der Waals surface area contributed by atoms with Crippen molar-refractivity contribution >= 4 is 5.96 Å². The molecule has 2 aliphatic heterocycles. The van der Waals surface area contributed by atoms with Crippen LogP contribution >= 0.6 is 0 Å². The van der Waals surface area contributed by atoms with Gasteiger partial charge in [-0.05, 0) is 56.8 Å². The van der Waals surface area contributed by atoms with E-state index in [1.165, 1.54) is 25.7 Å². The van der Waals surface area contributed by atoms with Crippen LogP contribution in [0.25, 0.3) is 0 Å². The minimum atomic E-state index is 0.222. The molecule has 22 heavy (non-hydrogen) atoms. The summed E-state index contributed by atoms with van der Waals surface area (Å²) in [5.74, 6) is 2.51. The number of rotatable bonds is 4. The standard InChI is InChI=1S/C17H28N4O/c1-14-6-10-21(11-7-14)17(18)19-13-15(16-5-4-12-22-16)20-8-2-3-9-20/h4-5,12,14-15H,2-3,6-11,13H2,1H3,(H2,18,19). The Morgan fingerprint density at radius 3 is 2.68 bits per heavy atom. The Labute approximate surface area is 133 Å². The first kappa shape index (κ1) is 15.4. The van der Waals surface area contributed by atoms with E-state index >= 15 is 0 Å². The Hall–Kier alpha value is -1.49. The first-order valence-electron chi connectivity index (χ1n) is 8.56. The number of nitrogens with two attached hydrogens (primary N) is 1. The molecule has 1 unspecified atom stereocenters. The largest absolute Gasteiger partial charge is 0.468 e. The van der Waals surface area contributed by atoms with E-state index in [9.17, 15) is 0 Å². The summed E-state index contributed by atoms with van der Waals surface area (Å²) in [5, 5.41) is 0. The Balaban J connectivity index is 1.64. The van der Waals surface area contributed by atoms with Crippen molar-refractivity contribution in [2.45, 2.75) is 38.6 Å². The average molecular weight is 304 g/mol. The molecule has 3 heterocycles. The van der Waals surface area contributed by atoms with E-state index in [0.29, 0.717) is 12.5 Å². The summed E-state index contributed by atoms with van der Waals surface area (Å²) in [6.07, 6.45) is 6.70. The molecule has 3 rings (SSSR count). The zero-order valence-electron chi connectivity index (χ0n) is 13.6. The number of furan rings is 1. The third kappa shape index (κ3) is 3.64. The first-order valence-corrected chi connectivity index (χ1v) is 8.56. The molecule has 0 bridgehead atoms. The van der Waals surface area contributed by atoms with Gasteiger partial charge in [-0.25, -0.2) is 0 Å². The number of aliphatic imine (C=N–C) groups is 1. The van der Waals surface area contributed by atoms with Crippen LogP contribution in [0.15, 0.2) is 27.8 Å². The van der Waals surface area contributed by atoms with Gasteiger partial charge < -0.3 is 15.1 Å². The van der Waals surface area contributed by atoms with Gasteiger partial charge in [0.05, 0.1) is 18.8 Å². The fourth-order valence-corrected chi connectivity index (χ4v) is 3.44. The summed E-state index contributed by atoms with van der Waals surface area (Å²) < 4.78 is 5.63. The van der Waals surface area contributed by atoms with Gasteiger partial charge in [-0.1, -0.05) is 6.92 Å². The summed E-state index contributed by atoms with van der Waals surface area (Å²) in [7, 11) is 0. The van der Waals surface area contributed by atoms with E-state index in [4.69, 9.17) is 15.1 Å². The fraction of sp³-hybridized carbons (Fsp3) is 0.706. The van der Waals surface area contributed by atoms with Gasteiger partial charge in [0.1, 0.15) is 5.76 Å². The highest BCUT2D eigenvalue weighted by Crippen LogP contribution is 2.26. The van der Waals surface area contributed by atoms with Crippen molar-refractivity contribution in [3.8, 4) is 0 Å². The molecule has 1 aromatic heterocycles. The highest BCUT2D eigenvalue weighted by atomic mass is 16.3. The van der Waals surface area contributed by atoms with Gasteiger partial charge in [-0.2, -0.15) is 0 Å². The van der Waals surface area contributed by atoms with Gasteiger partial charge in [0.15, 0.2) is 5.96 Å². The zero-order valence-corrected chi connectivity index (χ0v) is 13.6. The summed E-state index contributed by atoms with van der Waals surface area (Å²) in [6.45, 7) is 7.32. The lowest BCUT2D eigenvalue weighted by Gasteiger charge is -2.31. The van der Waals surface area contributed by atoms with Crippen molar-refractivity contribution < 1.29 is 4.42 Å². The lowest BCUT2D eigenvalue weighted by molar-refractivity contribution is 0.219. The molecule has 2 N–H and O–H groups in total. The second-order valence-electron chi connectivity index (χ2n) is 6.64. The van der Waals surface area contributed by atoms with Crippen molar-refractivity contribution in [2.24, 2.45) is 16.6 Å². The molecule has 0 radical (unpaired) electrons. The summed E-state index contributed by atoms with van der Waals surface area (Å²) >= 11 is 0. The zero-order chi connectivity index (χ0) is 15.4. The highest BCUT2D eigenvalue weighted by Gasteiger charge is 2.26. The van der Waals surface area contributed by atoms with Gasteiger partial charge in [0.25, 0.3) is 0 Å². The van der Waals surface area contributed by atoms with Gasteiger partial charge in [0.2, 0.25) is 0 Å². The smallest absolute Gasteiger partial charge is 0.191 e. The van der Waals surface area contributed by atoms with E-state index < -0.39 is 0 Å². The number of hydrogen-bond acceptors (Lipinski definition) is 3. The van der Waals surface area contributed by atoms with Crippen LogP contribution in [-0.4, -0.2) is 48.5 Å². The monoisotopic (exact) mass is 304 g/mol. The van der Waals surface area contributed by atoms with Crippen LogP contribution in [-0.2, 0) is 0 Å². The minimum absolute atomic E-state index is 0.222. The topological polar surface area (TPSA) is 58.0 Å². The van der Waals surface area contributed by atoms with E-state index in [0.717, 1.165) is 37.9 Å². The van der Waals surface area contributed by atoms with Crippen molar-refractivity contribution in [2.75, 3.05) is 32.7 Å². The molecule has 0 saturated carbocycles. The average Bonchev–Trinajstić information content (AvgIpc) is 3.22. The SMILES string of the molecule is CC1CCN(C(N)=NCC(c2ccco2)N2CCCC2)CC1. The maximum atomic E-state index is 6.22. The van der Waals surface area contributed by atoms with Gasteiger partial charge in [-0.15, -0.1) is 0 Å². The second-order valence-corrected chi connectivity index (χ2v) is 6.64. The molecule has 5 nitrogen and oxygen atoms in total. The normalized spacial score (nSPS) is 23.1. The fourth-order valence-electron chi connectivity index (χ4n) is 3.44. The maximum absolute atomic E-state index is 6.22. The molecule has 0 amide bonds. The predicted octanol–water partition coefficient (Wildman–Crippen LogP) is 2.46. The lowest BCUT2D eigenvalue weighted by Crippen LogP contribution is -2.43. The van der Waals surface area contributed by atoms with Crippen molar-refractivity contribution in [1.29, 1.82) is 0 Å². The molecule has 0 spiro atoms. The molecular weight excluding hydrogens is 276 g/mol. The van der Waals surface area contributed by atoms with Crippen molar-refractivity contribution in [1.82, 2.24) is 9.80 Å². The Morgan fingerprint density at radius 1 is 1.32 bits per heavy atom. The third-order valence-corrected chi connectivity index (χ3v) is 4.99. The predicted molar refractivity (Wildman–Crippen MR) is 88.7 cm³/mol. The quantitative estimate of drug-likeness (QED) is 0.686. The molecule has 2 fully saturated rings. The first-order chi connectivity index (χ1) is 10.7. The van der Waals surface area contributed by atoms with E-state index in [1.54, 1.807) is 6.26 Å². The summed E-state index contributed by atoms with van der Waals surface area (Å²) in [6, 6.07) is 4.23. The highest BCUT2D eigenvalue weighted by molar-refractivity contribution is 5.78. The van der Waals surface area contributed by atoms with Gasteiger partial charge in [0, 0.05) is 13.1 Å². The van der Waals surface area contributed by atoms with Crippen LogP contribution in [0.5, 0.6) is 0 Å².